The first-order valence-electron chi connectivity index (χ1n) is 19.0. The molecule has 0 radical (unpaired) electrons. The topological polar surface area (TPSA) is 109 Å². The molecule has 1 saturated heterocycles. The minimum Gasteiger partial charge on any atom is -0.392 e. The monoisotopic (exact) mass is 731 g/mol. The number of carbonyl (C=O) groups excluding carboxylic acids is 2. The van der Waals surface area contributed by atoms with Crippen LogP contribution in [0.25, 0.3) is 11.1 Å². The Hall–Kier alpha value is -4.15. The average molecular weight is 732 g/mol. The second-order valence-electron chi connectivity index (χ2n) is 15.7. The number of aliphatic hydroxyl groups is 1. The highest BCUT2D eigenvalue weighted by Crippen LogP contribution is 2.55. The lowest BCUT2D eigenvalue weighted by Crippen LogP contribution is -2.61. The highest BCUT2D eigenvalue weighted by molar-refractivity contribution is 7.99. The quantitative estimate of drug-likeness (QED) is 0.115. The molecule has 3 atom stereocenters. The van der Waals surface area contributed by atoms with E-state index in [1.54, 1.807) is 11.8 Å². The Morgan fingerprint density at radius 3 is 2.13 bits per heavy atom. The van der Waals surface area contributed by atoms with Gasteiger partial charge in [-0.15, -0.1) is 11.8 Å². The van der Waals surface area contributed by atoms with Gasteiger partial charge >= 0.3 is 6.03 Å². The van der Waals surface area contributed by atoms with Gasteiger partial charge in [0.1, 0.15) is 0 Å². The molecule has 9 rings (SSSR count). The SMILES string of the molecule is CC(=O)Nc1ccc(SCC2CC(c3ccc(CO)cc3)OC(c3cccc(-c4cccc(CNC(=O)NC56CC7CC(CC(C7)C5)C6)c4)c3)O2)cc1. The van der Waals surface area contributed by atoms with Gasteiger partial charge in [0.25, 0.3) is 0 Å². The van der Waals surface area contributed by atoms with Crippen molar-refractivity contribution in [2.75, 3.05) is 11.1 Å². The summed E-state index contributed by atoms with van der Waals surface area (Å²) in [5, 5.41) is 19.0. The number of amides is 3. The molecule has 1 heterocycles. The highest BCUT2D eigenvalue weighted by Gasteiger charge is 2.51. The number of ether oxygens (including phenoxy) is 2. The summed E-state index contributed by atoms with van der Waals surface area (Å²) in [6, 6.07) is 32.4. The van der Waals surface area contributed by atoms with E-state index in [4.69, 9.17) is 9.47 Å². The molecule has 3 unspecified atom stereocenters. The molecule has 4 aromatic carbocycles. The van der Waals surface area contributed by atoms with Crippen LogP contribution in [0.4, 0.5) is 10.5 Å². The summed E-state index contributed by atoms with van der Waals surface area (Å²) in [5.74, 6) is 3.00. The van der Waals surface area contributed by atoms with Crippen molar-refractivity contribution >= 4 is 29.4 Å². The normalized spacial score (nSPS) is 27.3. The lowest BCUT2D eigenvalue weighted by atomic mass is 9.53. The number of hydrogen-bond acceptors (Lipinski definition) is 6. The lowest BCUT2D eigenvalue weighted by Gasteiger charge is -2.56. The van der Waals surface area contributed by atoms with Crippen molar-refractivity contribution in [3.05, 3.63) is 119 Å². The van der Waals surface area contributed by atoms with E-state index in [9.17, 15) is 14.7 Å². The van der Waals surface area contributed by atoms with Gasteiger partial charge < -0.3 is 30.5 Å². The Labute approximate surface area is 316 Å². The summed E-state index contributed by atoms with van der Waals surface area (Å²) in [6.07, 6.45) is 7.32. The third kappa shape index (κ3) is 8.65. The molecule has 276 valence electrons. The molecule has 0 aromatic heterocycles. The molecule has 0 spiro atoms. The number of rotatable bonds is 11. The second-order valence-corrected chi connectivity index (χ2v) is 16.8. The van der Waals surface area contributed by atoms with E-state index in [2.05, 4.69) is 52.3 Å². The van der Waals surface area contributed by atoms with Crippen LogP contribution < -0.4 is 16.0 Å². The van der Waals surface area contributed by atoms with Gasteiger partial charge in [-0.2, -0.15) is 0 Å². The third-order valence-electron chi connectivity index (χ3n) is 11.5. The summed E-state index contributed by atoms with van der Waals surface area (Å²) < 4.78 is 13.3. The van der Waals surface area contributed by atoms with Crippen molar-refractivity contribution in [2.24, 2.45) is 17.8 Å². The maximum absolute atomic E-state index is 13.2. The predicted molar refractivity (Wildman–Crippen MR) is 208 cm³/mol. The number of carbonyl (C=O) groups is 2. The molecule has 4 bridgehead atoms. The minimum atomic E-state index is -0.572. The molecular formula is C44H49N3O5S. The molecule has 1 aliphatic heterocycles. The fourth-order valence-corrected chi connectivity index (χ4v) is 10.4. The van der Waals surface area contributed by atoms with Crippen LogP contribution in [0.5, 0.6) is 0 Å². The van der Waals surface area contributed by atoms with Gasteiger partial charge in [-0.25, -0.2) is 4.79 Å². The van der Waals surface area contributed by atoms with Gasteiger partial charge in [0.15, 0.2) is 6.29 Å². The molecule has 5 fully saturated rings. The van der Waals surface area contributed by atoms with Gasteiger partial charge in [-0.05, 0) is 120 Å². The minimum absolute atomic E-state index is 0.00335. The van der Waals surface area contributed by atoms with Gasteiger partial charge in [0, 0.05) is 47.3 Å². The third-order valence-corrected chi connectivity index (χ3v) is 12.7. The fraction of sp³-hybridized carbons (Fsp3) is 0.409. The van der Waals surface area contributed by atoms with E-state index >= 15 is 0 Å². The van der Waals surface area contributed by atoms with Gasteiger partial charge in [0.2, 0.25) is 5.91 Å². The number of anilines is 1. The van der Waals surface area contributed by atoms with E-state index in [0.29, 0.717) is 13.0 Å². The molecule has 4 N–H and O–H groups in total. The summed E-state index contributed by atoms with van der Waals surface area (Å²) in [7, 11) is 0. The molecule has 3 amide bonds. The number of thioether (sulfide) groups is 1. The van der Waals surface area contributed by atoms with Crippen molar-refractivity contribution in [2.45, 2.75) is 94.0 Å². The van der Waals surface area contributed by atoms with Crippen LogP contribution in [0.15, 0.2) is 102 Å². The van der Waals surface area contributed by atoms with Crippen molar-refractivity contribution in [1.82, 2.24) is 10.6 Å². The number of nitrogens with one attached hydrogen (secondary N) is 3. The van der Waals surface area contributed by atoms with Crippen molar-refractivity contribution in [1.29, 1.82) is 0 Å². The maximum atomic E-state index is 13.2. The first-order valence-corrected chi connectivity index (χ1v) is 20.0. The van der Waals surface area contributed by atoms with Gasteiger partial charge in [0.05, 0.1) is 18.8 Å². The van der Waals surface area contributed by atoms with Crippen molar-refractivity contribution in [3.63, 3.8) is 0 Å². The Kier molecular flexibility index (Phi) is 10.6. The van der Waals surface area contributed by atoms with Gasteiger partial charge in [-0.3, -0.25) is 4.79 Å². The van der Waals surface area contributed by atoms with E-state index < -0.39 is 6.29 Å². The molecule has 4 aromatic rings. The number of urea groups is 1. The smallest absolute Gasteiger partial charge is 0.315 e. The fourth-order valence-electron chi connectivity index (χ4n) is 9.51. The van der Waals surface area contributed by atoms with Crippen LogP contribution in [0.2, 0.25) is 0 Å². The van der Waals surface area contributed by atoms with Crippen LogP contribution in [-0.2, 0) is 27.4 Å². The summed E-state index contributed by atoms with van der Waals surface area (Å²) in [6.45, 7) is 1.97. The first-order chi connectivity index (χ1) is 25.8. The van der Waals surface area contributed by atoms with Crippen molar-refractivity contribution in [3.8, 4) is 11.1 Å². The van der Waals surface area contributed by atoms with Crippen LogP contribution in [0, 0.1) is 17.8 Å². The molecule has 5 aliphatic rings. The molecule has 4 aliphatic carbocycles. The Balaban J connectivity index is 0.943. The molecular weight excluding hydrogens is 683 g/mol. The maximum Gasteiger partial charge on any atom is 0.315 e. The van der Waals surface area contributed by atoms with Gasteiger partial charge in [-0.1, -0.05) is 60.7 Å². The number of benzene rings is 4. The lowest BCUT2D eigenvalue weighted by molar-refractivity contribution is -0.245. The first kappa shape index (κ1) is 35.9. The van der Waals surface area contributed by atoms with Crippen LogP contribution in [0.1, 0.15) is 86.5 Å². The molecule has 8 nitrogen and oxygen atoms in total. The summed E-state index contributed by atoms with van der Waals surface area (Å²) in [4.78, 5) is 25.7. The zero-order valence-electron chi connectivity index (χ0n) is 30.3. The largest absolute Gasteiger partial charge is 0.392 e. The van der Waals surface area contributed by atoms with Crippen LogP contribution in [0.3, 0.4) is 0 Å². The van der Waals surface area contributed by atoms with Crippen molar-refractivity contribution < 1.29 is 24.2 Å². The standard InChI is InChI=1S/C44H49N3O5S/c1-28(49)46-38-12-14-40(15-13-38)53-27-39-21-41(34-10-8-29(26-48)9-11-34)52-42(51-39)37-7-3-6-36(20-37)35-5-2-4-30(19-35)25-45-43(50)47-44-22-31-16-32(23-44)18-33(17-31)24-44/h2-15,19-20,31-33,39,41-42,48H,16-18,21-27H2,1H3,(H,46,49)(H2,45,47,50). The van der Waals surface area contributed by atoms with E-state index in [-0.39, 0.29) is 36.3 Å². The highest BCUT2D eigenvalue weighted by atomic mass is 32.2. The van der Waals surface area contributed by atoms with Crippen LogP contribution >= 0.6 is 11.8 Å². The number of hydrogen-bond donors (Lipinski definition) is 4. The van der Waals surface area contributed by atoms with E-state index in [1.165, 1.54) is 26.2 Å². The second kappa shape index (κ2) is 15.7. The van der Waals surface area contributed by atoms with Crippen LogP contribution in [-0.4, -0.2) is 34.4 Å². The molecule has 53 heavy (non-hydrogen) atoms. The summed E-state index contributed by atoms with van der Waals surface area (Å²) >= 11 is 1.72. The van der Waals surface area contributed by atoms with E-state index in [1.807, 2.05) is 60.7 Å². The Morgan fingerprint density at radius 1 is 0.774 bits per heavy atom. The predicted octanol–water partition coefficient (Wildman–Crippen LogP) is 8.91. The summed E-state index contributed by atoms with van der Waals surface area (Å²) in [5.41, 5.74) is 6.78. The van der Waals surface area contributed by atoms with E-state index in [0.717, 1.165) is 86.7 Å². The molecule has 9 heteroatoms. The Morgan fingerprint density at radius 2 is 1.45 bits per heavy atom. The average Bonchev–Trinajstić information content (AvgIpc) is 3.16. The number of aliphatic hydroxyl groups excluding tert-OH is 1. The zero-order valence-corrected chi connectivity index (χ0v) is 31.1. The Bertz CT molecular complexity index is 1880. The molecule has 4 saturated carbocycles. The zero-order chi connectivity index (χ0) is 36.4.